The summed E-state index contributed by atoms with van der Waals surface area (Å²) in [6, 6.07) is 16.5. The number of hydrogen-bond acceptors (Lipinski definition) is 6. The minimum Gasteiger partial charge on any atom is -0.497 e. The third-order valence-electron chi connectivity index (χ3n) is 4.13. The zero-order chi connectivity index (χ0) is 19.3. The molecule has 1 N–H and O–H groups in total. The Morgan fingerprint density at radius 3 is 2.68 bits per heavy atom. The van der Waals surface area contributed by atoms with Crippen molar-refractivity contribution in [3.8, 4) is 17.1 Å². The van der Waals surface area contributed by atoms with E-state index in [1.165, 1.54) is 11.0 Å². The molecular weight excluding hydrogens is 358 g/mol. The van der Waals surface area contributed by atoms with Crippen molar-refractivity contribution < 1.29 is 9.53 Å². The van der Waals surface area contributed by atoms with E-state index in [2.05, 4.69) is 25.9 Å². The third kappa shape index (κ3) is 3.73. The van der Waals surface area contributed by atoms with E-state index in [1.807, 2.05) is 42.6 Å². The van der Waals surface area contributed by atoms with Gasteiger partial charge in [0, 0.05) is 11.8 Å². The van der Waals surface area contributed by atoms with Gasteiger partial charge in [0.1, 0.15) is 12.1 Å². The van der Waals surface area contributed by atoms with Gasteiger partial charge in [0.05, 0.1) is 30.7 Å². The topological polar surface area (TPSA) is 99.8 Å². The second kappa shape index (κ2) is 7.70. The number of ether oxygens (including phenoxy) is 1. The molecule has 0 aliphatic rings. The first-order chi connectivity index (χ1) is 13.7. The number of nitrogens with one attached hydrogen (secondary N) is 1. The van der Waals surface area contributed by atoms with Crippen LogP contribution in [0.1, 0.15) is 16.1 Å². The third-order valence-corrected chi connectivity index (χ3v) is 4.13. The second-order valence-electron chi connectivity index (χ2n) is 5.94. The molecule has 0 aliphatic carbocycles. The Labute approximate surface area is 160 Å². The number of hydrogen-bond donors (Lipinski definition) is 1. The van der Waals surface area contributed by atoms with Gasteiger partial charge in [0.25, 0.3) is 5.91 Å². The molecule has 1 amide bonds. The molecule has 4 aromatic rings. The van der Waals surface area contributed by atoms with E-state index < -0.39 is 0 Å². The highest BCUT2D eigenvalue weighted by Crippen LogP contribution is 2.14. The molecular formula is C19H17N7O2. The molecule has 0 atom stereocenters. The molecule has 0 unspecified atom stereocenters. The van der Waals surface area contributed by atoms with Crippen LogP contribution in [0, 0.1) is 0 Å². The van der Waals surface area contributed by atoms with Crippen molar-refractivity contribution in [1.29, 1.82) is 0 Å². The fraction of sp³-hybridized carbons (Fsp3) is 0.105. The molecule has 2 aromatic heterocycles. The lowest BCUT2D eigenvalue weighted by Gasteiger charge is -2.06. The summed E-state index contributed by atoms with van der Waals surface area (Å²) < 4.78 is 8.40. The molecule has 9 heteroatoms. The van der Waals surface area contributed by atoms with Gasteiger partial charge in [-0.3, -0.25) is 4.79 Å². The quantitative estimate of drug-likeness (QED) is 0.551. The number of tetrazole rings is 1. The monoisotopic (exact) mass is 375 g/mol. The number of aromatic nitrogens is 6. The zero-order valence-electron chi connectivity index (χ0n) is 15.1. The molecule has 0 saturated carbocycles. The van der Waals surface area contributed by atoms with Crippen molar-refractivity contribution in [1.82, 2.24) is 35.3 Å². The molecule has 4 rings (SSSR count). The molecule has 2 heterocycles. The van der Waals surface area contributed by atoms with E-state index in [0.717, 1.165) is 17.1 Å². The van der Waals surface area contributed by atoms with E-state index in [1.54, 1.807) is 30.0 Å². The summed E-state index contributed by atoms with van der Waals surface area (Å²) in [5, 5.41) is 18.4. The van der Waals surface area contributed by atoms with Crippen molar-refractivity contribution in [2.24, 2.45) is 0 Å². The van der Waals surface area contributed by atoms with Gasteiger partial charge in [0.2, 0.25) is 0 Å². The largest absolute Gasteiger partial charge is 0.497 e. The SMILES string of the molecule is COc1ccc(-n2ccc(CNC(=O)c3cccc(-n4cnnn4)c3)n2)cc1. The first-order valence-corrected chi connectivity index (χ1v) is 8.53. The Kier molecular flexibility index (Phi) is 4.79. The first-order valence-electron chi connectivity index (χ1n) is 8.53. The molecule has 9 nitrogen and oxygen atoms in total. The Balaban J connectivity index is 1.41. The molecule has 0 radical (unpaired) electrons. The van der Waals surface area contributed by atoms with Crippen LogP contribution in [0.5, 0.6) is 5.75 Å². The zero-order valence-corrected chi connectivity index (χ0v) is 15.1. The van der Waals surface area contributed by atoms with Crippen LogP contribution in [-0.4, -0.2) is 43.0 Å². The molecule has 2 aromatic carbocycles. The van der Waals surface area contributed by atoms with Gasteiger partial charge < -0.3 is 10.1 Å². The van der Waals surface area contributed by atoms with Crippen molar-refractivity contribution in [3.63, 3.8) is 0 Å². The predicted molar refractivity (Wildman–Crippen MR) is 100 cm³/mol. The van der Waals surface area contributed by atoms with E-state index in [-0.39, 0.29) is 5.91 Å². The van der Waals surface area contributed by atoms with Gasteiger partial charge in [-0.15, -0.1) is 5.10 Å². The van der Waals surface area contributed by atoms with Crippen molar-refractivity contribution >= 4 is 5.91 Å². The summed E-state index contributed by atoms with van der Waals surface area (Å²) in [7, 11) is 1.63. The molecule has 0 aliphatic heterocycles. The maximum Gasteiger partial charge on any atom is 0.251 e. The minimum absolute atomic E-state index is 0.200. The van der Waals surface area contributed by atoms with Gasteiger partial charge in [-0.2, -0.15) is 5.10 Å². The standard InChI is InChI=1S/C19H17N7O2/c1-28-18-7-5-16(6-8-18)25-10-9-15(22-25)12-20-19(27)14-3-2-4-17(11-14)26-13-21-23-24-26/h2-11,13H,12H2,1H3,(H,20,27). The van der Waals surface area contributed by atoms with E-state index in [4.69, 9.17) is 4.74 Å². The minimum atomic E-state index is -0.200. The average Bonchev–Trinajstić information content (AvgIpc) is 3.44. The number of carbonyl (C=O) groups is 1. The summed E-state index contributed by atoms with van der Waals surface area (Å²) in [6.45, 7) is 0.317. The highest BCUT2D eigenvalue weighted by molar-refractivity contribution is 5.94. The number of methoxy groups -OCH3 is 1. The second-order valence-corrected chi connectivity index (χ2v) is 5.94. The molecule has 28 heavy (non-hydrogen) atoms. The fourth-order valence-corrected chi connectivity index (χ4v) is 2.68. The van der Waals surface area contributed by atoms with E-state index in [0.29, 0.717) is 17.8 Å². The van der Waals surface area contributed by atoms with Gasteiger partial charge in [-0.1, -0.05) is 6.07 Å². The van der Waals surface area contributed by atoms with Crippen LogP contribution in [0.15, 0.2) is 67.1 Å². The fourth-order valence-electron chi connectivity index (χ4n) is 2.68. The molecule has 0 spiro atoms. The summed E-state index contributed by atoms with van der Waals surface area (Å²) in [4.78, 5) is 12.5. The maximum absolute atomic E-state index is 12.5. The van der Waals surface area contributed by atoms with Gasteiger partial charge in [-0.25, -0.2) is 9.36 Å². The lowest BCUT2D eigenvalue weighted by molar-refractivity contribution is 0.0950. The van der Waals surface area contributed by atoms with Crippen molar-refractivity contribution in [2.45, 2.75) is 6.54 Å². The van der Waals surface area contributed by atoms with Crippen LogP contribution >= 0.6 is 0 Å². The summed E-state index contributed by atoms with van der Waals surface area (Å²) in [6.07, 6.45) is 3.32. The summed E-state index contributed by atoms with van der Waals surface area (Å²) in [5.41, 5.74) is 2.89. The maximum atomic E-state index is 12.5. The van der Waals surface area contributed by atoms with Crippen LogP contribution < -0.4 is 10.1 Å². The molecule has 0 fully saturated rings. The number of carbonyl (C=O) groups excluding carboxylic acids is 1. The highest BCUT2D eigenvalue weighted by Gasteiger charge is 2.09. The first kappa shape index (κ1) is 17.4. The molecule has 0 bridgehead atoms. The van der Waals surface area contributed by atoms with Gasteiger partial charge in [0.15, 0.2) is 0 Å². The van der Waals surface area contributed by atoms with Crippen molar-refractivity contribution in [2.75, 3.05) is 7.11 Å². The Morgan fingerprint density at radius 2 is 1.93 bits per heavy atom. The predicted octanol–water partition coefficient (Wildman–Crippen LogP) is 1.79. The number of amides is 1. The van der Waals surface area contributed by atoms with E-state index >= 15 is 0 Å². The molecule has 0 saturated heterocycles. The Bertz CT molecular complexity index is 1070. The normalized spacial score (nSPS) is 10.6. The van der Waals surface area contributed by atoms with Crippen LogP contribution in [-0.2, 0) is 6.54 Å². The van der Waals surface area contributed by atoms with Crippen LogP contribution in [0.2, 0.25) is 0 Å². The molecule has 140 valence electrons. The number of nitrogens with zero attached hydrogens (tertiary/aromatic N) is 6. The Morgan fingerprint density at radius 1 is 1.07 bits per heavy atom. The van der Waals surface area contributed by atoms with Gasteiger partial charge >= 0.3 is 0 Å². The Hall–Kier alpha value is -4.01. The van der Waals surface area contributed by atoms with Crippen LogP contribution in [0.25, 0.3) is 11.4 Å². The number of benzene rings is 2. The van der Waals surface area contributed by atoms with Gasteiger partial charge in [-0.05, 0) is 59.0 Å². The summed E-state index contributed by atoms with van der Waals surface area (Å²) in [5.74, 6) is 0.584. The smallest absolute Gasteiger partial charge is 0.251 e. The lowest BCUT2D eigenvalue weighted by atomic mass is 10.2. The van der Waals surface area contributed by atoms with Crippen molar-refractivity contribution in [3.05, 3.63) is 78.4 Å². The highest BCUT2D eigenvalue weighted by atomic mass is 16.5. The van der Waals surface area contributed by atoms with E-state index in [9.17, 15) is 4.79 Å². The van der Waals surface area contributed by atoms with Crippen LogP contribution in [0.3, 0.4) is 0 Å². The number of rotatable bonds is 6. The van der Waals surface area contributed by atoms with Crippen LogP contribution in [0.4, 0.5) is 0 Å². The summed E-state index contributed by atoms with van der Waals surface area (Å²) >= 11 is 0. The lowest BCUT2D eigenvalue weighted by Crippen LogP contribution is -2.23. The average molecular weight is 375 g/mol.